The van der Waals surface area contributed by atoms with E-state index in [0.29, 0.717) is 19.3 Å². The number of halogens is 5. The van der Waals surface area contributed by atoms with Gasteiger partial charge >= 0.3 is 12.8 Å². The van der Waals surface area contributed by atoms with E-state index in [-0.39, 0.29) is 22.7 Å². The van der Waals surface area contributed by atoms with Crippen molar-refractivity contribution in [2.45, 2.75) is 18.9 Å². The average Bonchev–Trinajstić information content (AvgIpc) is 3.25. The fourth-order valence-electron chi connectivity index (χ4n) is 3.76. The van der Waals surface area contributed by atoms with Gasteiger partial charge in [0.1, 0.15) is 11.6 Å². The molecule has 0 atom stereocenters. The molecule has 1 aliphatic rings. The summed E-state index contributed by atoms with van der Waals surface area (Å²) in [7, 11) is 0. The van der Waals surface area contributed by atoms with Gasteiger partial charge in [-0.25, -0.2) is 4.52 Å². The lowest BCUT2D eigenvalue weighted by Gasteiger charge is -2.40. The van der Waals surface area contributed by atoms with Gasteiger partial charge in [-0.05, 0) is 24.3 Å². The van der Waals surface area contributed by atoms with Gasteiger partial charge in [0, 0.05) is 24.2 Å². The lowest BCUT2D eigenvalue weighted by Crippen LogP contribution is -2.54. The molecule has 0 radical (unpaired) electrons. The van der Waals surface area contributed by atoms with Crippen molar-refractivity contribution in [1.82, 2.24) is 19.6 Å². The lowest BCUT2D eigenvalue weighted by atomic mass is 10.1. The first kappa shape index (κ1) is 24.2. The Labute approximate surface area is 205 Å². The van der Waals surface area contributed by atoms with Crippen molar-refractivity contribution < 1.29 is 36.2 Å². The molecule has 5 rings (SSSR count). The molecule has 0 spiro atoms. The average molecular weight is 520 g/mol. The van der Waals surface area contributed by atoms with Crippen LogP contribution in [0.2, 0.25) is 0 Å². The molecule has 1 aliphatic heterocycles. The topological polar surface area (TPSA) is 93.9 Å². The number of anilines is 2. The van der Waals surface area contributed by atoms with Crippen molar-refractivity contribution in [3.05, 3.63) is 72.6 Å². The van der Waals surface area contributed by atoms with Crippen LogP contribution in [0.3, 0.4) is 0 Å². The Morgan fingerprint density at radius 1 is 1.05 bits per heavy atom. The number of amides is 1. The summed E-state index contributed by atoms with van der Waals surface area (Å²) in [4.78, 5) is 22.2. The number of aromatic nitrogens is 4. The van der Waals surface area contributed by atoms with Crippen LogP contribution in [-0.2, 0) is 6.18 Å². The molecule has 1 N–H and O–H groups in total. The first-order valence-electron chi connectivity index (χ1n) is 10.8. The Kier molecular flexibility index (Phi) is 6.23. The Balaban J connectivity index is 1.31. The molecule has 1 aromatic carbocycles. The highest BCUT2D eigenvalue weighted by atomic mass is 19.4. The van der Waals surface area contributed by atoms with Gasteiger partial charge in [0.25, 0.3) is 5.91 Å². The van der Waals surface area contributed by atoms with E-state index in [0.717, 1.165) is 29.5 Å². The van der Waals surface area contributed by atoms with E-state index in [1.807, 2.05) is 4.90 Å². The number of alkyl halides is 5. The summed E-state index contributed by atoms with van der Waals surface area (Å²) in [6, 6.07) is 4.25. The number of fused-ring (bicyclic) bond motifs is 1. The minimum atomic E-state index is -4.64. The summed E-state index contributed by atoms with van der Waals surface area (Å²) >= 11 is 0. The summed E-state index contributed by atoms with van der Waals surface area (Å²) < 4.78 is 76.7. The molecule has 1 saturated heterocycles. The summed E-state index contributed by atoms with van der Waals surface area (Å²) in [5.74, 6) is -1.18. The van der Waals surface area contributed by atoms with Crippen molar-refractivity contribution in [3.63, 3.8) is 0 Å². The number of ether oxygens (including phenoxy) is 2. The molecule has 37 heavy (non-hydrogen) atoms. The van der Waals surface area contributed by atoms with Gasteiger partial charge in [0.2, 0.25) is 0 Å². The second-order valence-electron chi connectivity index (χ2n) is 8.03. The van der Waals surface area contributed by atoms with Crippen LogP contribution in [0.5, 0.6) is 11.5 Å². The van der Waals surface area contributed by atoms with E-state index >= 15 is 0 Å². The number of hydrogen-bond acceptors (Lipinski definition) is 7. The predicted molar refractivity (Wildman–Crippen MR) is 120 cm³/mol. The second kappa shape index (κ2) is 9.52. The van der Waals surface area contributed by atoms with Crippen molar-refractivity contribution in [3.8, 4) is 11.5 Å². The number of pyridine rings is 1. The predicted octanol–water partition coefficient (Wildman–Crippen LogP) is 4.26. The molecule has 9 nitrogen and oxygen atoms in total. The van der Waals surface area contributed by atoms with Crippen LogP contribution in [0.4, 0.5) is 33.3 Å². The number of nitrogens with one attached hydrogen (secondary N) is 1. The third-order valence-electron chi connectivity index (χ3n) is 5.53. The third kappa shape index (κ3) is 5.22. The van der Waals surface area contributed by atoms with Crippen LogP contribution in [0, 0.1) is 0 Å². The van der Waals surface area contributed by atoms with Gasteiger partial charge < -0.3 is 19.7 Å². The quantitative estimate of drug-likeness (QED) is 0.364. The number of nitrogens with zero attached hydrogens (tertiary/aromatic N) is 5. The number of carbonyl (C=O) groups excluding carboxylic acids is 1. The van der Waals surface area contributed by atoms with Gasteiger partial charge in [-0.2, -0.15) is 27.1 Å². The number of benzene rings is 1. The number of hydrogen-bond donors (Lipinski definition) is 1. The zero-order valence-corrected chi connectivity index (χ0v) is 18.7. The van der Waals surface area contributed by atoms with Gasteiger partial charge in [0.05, 0.1) is 48.6 Å². The maximum Gasteiger partial charge on any atom is 0.417 e. The molecule has 1 amide bonds. The molecule has 192 valence electrons. The smallest absolute Gasteiger partial charge is 0.417 e. The molecule has 14 heteroatoms. The zero-order chi connectivity index (χ0) is 26.2. The normalized spacial score (nSPS) is 14.1. The zero-order valence-electron chi connectivity index (χ0n) is 18.7. The monoisotopic (exact) mass is 520 g/mol. The maximum absolute atomic E-state index is 12.9. The molecular weight excluding hydrogens is 503 g/mol. The summed E-state index contributed by atoms with van der Waals surface area (Å²) in [6.45, 7) is -2.34. The Morgan fingerprint density at radius 2 is 1.86 bits per heavy atom. The van der Waals surface area contributed by atoms with Gasteiger partial charge in [-0.15, -0.1) is 0 Å². The van der Waals surface area contributed by atoms with Crippen LogP contribution in [0.25, 0.3) is 5.52 Å². The van der Waals surface area contributed by atoms with E-state index < -0.39 is 30.4 Å². The number of rotatable bonds is 7. The Morgan fingerprint density at radius 3 is 2.62 bits per heavy atom. The Hall–Kier alpha value is -4.49. The summed E-state index contributed by atoms with van der Waals surface area (Å²) in [5, 5.41) is 6.55. The van der Waals surface area contributed by atoms with E-state index in [1.54, 1.807) is 29.3 Å². The molecule has 3 aromatic heterocycles. The lowest BCUT2D eigenvalue weighted by molar-refractivity contribution is -0.137. The molecule has 0 bridgehead atoms. The van der Waals surface area contributed by atoms with Crippen molar-refractivity contribution in [1.29, 1.82) is 0 Å². The van der Waals surface area contributed by atoms with Crippen LogP contribution >= 0.6 is 0 Å². The first-order valence-corrected chi connectivity index (χ1v) is 10.8. The molecule has 0 aliphatic carbocycles. The van der Waals surface area contributed by atoms with E-state index in [4.69, 9.17) is 4.74 Å². The van der Waals surface area contributed by atoms with Gasteiger partial charge in [-0.3, -0.25) is 14.8 Å². The SMILES string of the molecule is O=C(Nc1cncc(C(F)(F)F)c1)c1ccc(OC(F)F)c(OC2CN(c3cnn4ccncc34)C2)c1. The molecular formula is C23H17F5N6O3. The highest BCUT2D eigenvalue weighted by Gasteiger charge is 2.33. The standard InChI is InChI=1S/C23H17F5N6O3/c24-22(25)37-19-2-1-13(21(35)32-15-6-14(7-30-8-15)23(26,27)28)5-20(19)36-16-11-33(12-16)17-10-31-34-4-3-29-9-18(17)34/h1-10,16,22H,11-12H2,(H,32,35). The third-order valence-corrected chi connectivity index (χ3v) is 5.53. The minimum Gasteiger partial charge on any atom is -0.483 e. The van der Waals surface area contributed by atoms with Crippen LogP contribution in [-0.4, -0.2) is 51.3 Å². The molecule has 4 heterocycles. The first-order chi connectivity index (χ1) is 17.7. The van der Waals surface area contributed by atoms with Crippen LogP contribution < -0.4 is 19.7 Å². The highest BCUT2D eigenvalue weighted by Crippen LogP contribution is 2.34. The molecule has 1 fully saturated rings. The molecule has 4 aromatic rings. The Bertz CT molecular complexity index is 1440. The van der Waals surface area contributed by atoms with E-state index in [2.05, 4.69) is 25.1 Å². The van der Waals surface area contributed by atoms with Gasteiger partial charge in [0.15, 0.2) is 11.5 Å². The number of carbonyl (C=O) groups is 1. The molecule has 0 saturated carbocycles. The minimum absolute atomic E-state index is 0.0427. The maximum atomic E-state index is 12.9. The van der Waals surface area contributed by atoms with E-state index in [1.165, 1.54) is 12.1 Å². The van der Waals surface area contributed by atoms with Gasteiger partial charge in [-0.1, -0.05) is 0 Å². The molecule has 0 unspecified atom stereocenters. The van der Waals surface area contributed by atoms with Crippen molar-refractivity contribution >= 4 is 22.8 Å². The van der Waals surface area contributed by atoms with Crippen molar-refractivity contribution in [2.75, 3.05) is 23.3 Å². The summed E-state index contributed by atoms with van der Waals surface area (Å²) in [5.41, 5.74) is 0.336. The summed E-state index contributed by atoms with van der Waals surface area (Å²) in [6.07, 6.45) is 3.26. The van der Waals surface area contributed by atoms with Crippen LogP contribution in [0.15, 0.2) is 61.4 Å². The largest absolute Gasteiger partial charge is 0.483 e. The second-order valence-corrected chi connectivity index (χ2v) is 8.03. The van der Waals surface area contributed by atoms with E-state index in [9.17, 15) is 26.7 Å². The highest BCUT2D eigenvalue weighted by molar-refractivity contribution is 6.04. The fourth-order valence-corrected chi connectivity index (χ4v) is 3.76. The fraction of sp³-hybridized carbons (Fsp3) is 0.217. The van der Waals surface area contributed by atoms with Crippen molar-refractivity contribution in [2.24, 2.45) is 0 Å². The van der Waals surface area contributed by atoms with Crippen LogP contribution in [0.1, 0.15) is 15.9 Å².